The van der Waals surface area contributed by atoms with E-state index in [0.29, 0.717) is 19.3 Å². The van der Waals surface area contributed by atoms with E-state index in [1.54, 1.807) is 0 Å². The summed E-state index contributed by atoms with van der Waals surface area (Å²) in [7, 11) is 0. The normalized spacial score (nSPS) is 12.6. The molecule has 0 radical (unpaired) electrons. The van der Waals surface area contributed by atoms with Crippen molar-refractivity contribution in [3.05, 3.63) is 72.9 Å². The van der Waals surface area contributed by atoms with E-state index in [9.17, 15) is 14.4 Å². The molecule has 0 aromatic heterocycles. The maximum atomic E-state index is 12.9. The number of ether oxygens (including phenoxy) is 3. The van der Waals surface area contributed by atoms with Gasteiger partial charge in [0.2, 0.25) is 0 Å². The fraction of sp³-hybridized carbons (Fsp3) is 0.766. The molecule has 0 aromatic rings. The van der Waals surface area contributed by atoms with Crippen molar-refractivity contribution in [1.82, 2.24) is 0 Å². The highest BCUT2D eigenvalue weighted by atomic mass is 16.6. The van der Waals surface area contributed by atoms with Crippen LogP contribution < -0.4 is 0 Å². The lowest BCUT2D eigenvalue weighted by Gasteiger charge is -2.18. The highest BCUT2D eigenvalue weighted by Crippen LogP contribution is 2.15. The molecule has 0 aliphatic heterocycles. The lowest BCUT2D eigenvalue weighted by atomic mass is 10.1. The zero-order chi connectivity index (χ0) is 50.7. The van der Waals surface area contributed by atoms with Crippen LogP contribution in [0.3, 0.4) is 0 Å². The van der Waals surface area contributed by atoms with Crippen LogP contribution >= 0.6 is 0 Å². The first-order valence-electron chi connectivity index (χ1n) is 29.9. The van der Waals surface area contributed by atoms with Gasteiger partial charge in [-0.25, -0.2) is 0 Å². The maximum absolute atomic E-state index is 12.9. The predicted molar refractivity (Wildman–Crippen MR) is 302 cm³/mol. The number of carbonyl (C=O) groups excluding carboxylic acids is 3. The van der Waals surface area contributed by atoms with E-state index in [2.05, 4.69) is 93.7 Å². The molecule has 0 saturated heterocycles. The minimum atomic E-state index is -0.792. The van der Waals surface area contributed by atoms with E-state index in [0.717, 1.165) is 109 Å². The number of rotatable bonds is 54. The van der Waals surface area contributed by atoms with Gasteiger partial charge in [-0.1, -0.05) is 235 Å². The third-order valence-corrected chi connectivity index (χ3v) is 12.9. The van der Waals surface area contributed by atoms with Crippen LogP contribution in [0.4, 0.5) is 0 Å². The Hall–Kier alpha value is -3.15. The van der Waals surface area contributed by atoms with Crippen molar-refractivity contribution in [1.29, 1.82) is 0 Å². The molecule has 70 heavy (non-hydrogen) atoms. The van der Waals surface area contributed by atoms with E-state index in [4.69, 9.17) is 14.2 Å². The van der Waals surface area contributed by atoms with Crippen molar-refractivity contribution in [3.8, 4) is 0 Å². The Morgan fingerprint density at radius 3 is 0.843 bits per heavy atom. The van der Waals surface area contributed by atoms with Gasteiger partial charge in [0.15, 0.2) is 6.10 Å². The van der Waals surface area contributed by atoms with Crippen LogP contribution in [0.5, 0.6) is 0 Å². The molecule has 0 heterocycles. The summed E-state index contributed by atoms with van der Waals surface area (Å²) >= 11 is 0. The van der Waals surface area contributed by atoms with Gasteiger partial charge < -0.3 is 14.2 Å². The molecule has 0 amide bonds. The van der Waals surface area contributed by atoms with Crippen molar-refractivity contribution >= 4 is 17.9 Å². The van der Waals surface area contributed by atoms with Gasteiger partial charge >= 0.3 is 17.9 Å². The molecule has 0 bridgehead atoms. The topological polar surface area (TPSA) is 78.9 Å². The second-order valence-electron chi connectivity index (χ2n) is 19.9. The molecule has 0 aliphatic carbocycles. The Bertz CT molecular complexity index is 1310. The molecule has 0 rings (SSSR count). The second-order valence-corrected chi connectivity index (χ2v) is 19.9. The number of hydrogen-bond acceptors (Lipinski definition) is 6. The monoisotopic (exact) mass is 977 g/mol. The van der Waals surface area contributed by atoms with Gasteiger partial charge in [0.25, 0.3) is 0 Å². The molecular weight excluding hydrogens is 865 g/mol. The molecule has 0 saturated carbocycles. The summed E-state index contributed by atoms with van der Waals surface area (Å²) in [6.07, 6.45) is 74.6. The van der Waals surface area contributed by atoms with Gasteiger partial charge in [0.05, 0.1) is 0 Å². The minimum Gasteiger partial charge on any atom is -0.462 e. The average molecular weight is 978 g/mol. The fourth-order valence-electron chi connectivity index (χ4n) is 8.36. The Balaban J connectivity index is 4.41. The first-order valence-corrected chi connectivity index (χ1v) is 29.9. The lowest BCUT2D eigenvalue weighted by molar-refractivity contribution is -0.167. The van der Waals surface area contributed by atoms with Crippen LogP contribution in [0.15, 0.2) is 72.9 Å². The molecule has 0 aliphatic rings. The van der Waals surface area contributed by atoms with Gasteiger partial charge in [0.1, 0.15) is 13.2 Å². The van der Waals surface area contributed by atoms with Gasteiger partial charge in [-0.3, -0.25) is 14.4 Å². The molecule has 1 atom stereocenters. The van der Waals surface area contributed by atoms with Crippen molar-refractivity contribution in [3.63, 3.8) is 0 Å². The van der Waals surface area contributed by atoms with Gasteiger partial charge in [-0.15, -0.1) is 0 Å². The molecule has 6 nitrogen and oxygen atoms in total. The second kappa shape index (κ2) is 58.4. The largest absolute Gasteiger partial charge is 0.462 e. The molecule has 0 spiro atoms. The van der Waals surface area contributed by atoms with E-state index in [1.807, 2.05) is 0 Å². The quantitative estimate of drug-likeness (QED) is 0.0261. The first kappa shape index (κ1) is 66.9. The number of unbranched alkanes of at least 4 members (excludes halogenated alkanes) is 31. The molecule has 0 fully saturated rings. The molecular formula is C64H112O6. The zero-order valence-corrected chi connectivity index (χ0v) is 46.3. The molecule has 0 aromatic carbocycles. The third-order valence-electron chi connectivity index (χ3n) is 12.9. The van der Waals surface area contributed by atoms with E-state index in [1.165, 1.54) is 148 Å². The van der Waals surface area contributed by atoms with Crippen molar-refractivity contribution in [2.45, 2.75) is 303 Å². The van der Waals surface area contributed by atoms with Crippen molar-refractivity contribution in [2.24, 2.45) is 0 Å². The van der Waals surface area contributed by atoms with Crippen LogP contribution in [0, 0.1) is 0 Å². The highest BCUT2D eigenvalue weighted by molar-refractivity contribution is 5.71. The SMILES string of the molecule is CCCCC/C=C\C/C=C\CCCCCCCC(=O)OCC(COC(=O)CCCCCCCC/C=C\C/C=C\C/C=C\CCCCCCC)OC(=O)CCCCCCC/C=C\CCCCCCCCC. The third kappa shape index (κ3) is 55.8. The minimum absolute atomic E-state index is 0.0896. The Morgan fingerprint density at radius 2 is 0.514 bits per heavy atom. The van der Waals surface area contributed by atoms with E-state index < -0.39 is 6.10 Å². The van der Waals surface area contributed by atoms with Crippen molar-refractivity contribution in [2.75, 3.05) is 13.2 Å². The maximum Gasteiger partial charge on any atom is 0.306 e. The standard InChI is InChI=1S/C64H112O6/c1-4-7-10-13-16-19-22-25-28-30-31-32-33-34-37-39-42-45-48-51-54-57-63(66)69-60-61(59-68-62(65)56-53-50-47-44-41-38-35-27-24-21-18-15-12-9-6-3)70-64(67)58-55-52-49-46-43-40-36-29-26-23-20-17-14-11-8-5-2/h18,21-22,25,27,29-31,33-36,61H,4-17,19-20,23-24,26,28,32,37-60H2,1-3H3/b21-18-,25-22-,31-30-,34-33-,35-27-,36-29-. The highest BCUT2D eigenvalue weighted by Gasteiger charge is 2.19. The summed E-state index contributed by atoms with van der Waals surface area (Å²) in [5.41, 5.74) is 0. The molecule has 404 valence electrons. The summed E-state index contributed by atoms with van der Waals surface area (Å²) in [4.78, 5) is 38.2. The Morgan fingerprint density at radius 1 is 0.286 bits per heavy atom. The van der Waals surface area contributed by atoms with Crippen LogP contribution in [0.25, 0.3) is 0 Å². The van der Waals surface area contributed by atoms with Gasteiger partial charge in [0, 0.05) is 19.3 Å². The van der Waals surface area contributed by atoms with Gasteiger partial charge in [-0.05, 0) is 116 Å². The van der Waals surface area contributed by atoms with E-state index in [-0.39, 0.29) is 31.1 Å². The summed E-state index contributed by atoms with van der Waals surface area (Å²) < 4.78 is 16.9. The number of carbonyl (C=O) groups is 3. The Kier molecular flexibility index (Phi) is 55.8. The number of hydrogen-bond donors (Lipinski definition) is 0. The van der Waals surface area contributed by atoms with Crippen LogP contribution in [0.2, 0.25) is 0 Å². The van der Waals surface area contributed by atoms with Crippen LogP contribution in [-0.2, 0) is 28.6 Å². The average Bonchev–Trinajstić information content (AvgIpc) is 3.36. The summed E-state index contributed by atoms with van der Waals surface area (Å²) in [6.45, 7) is 6.59. The number of allylic oxidation sites excluding steroid dienone is 12. The van der Waals surface area contributed by atoms with Crippen LogP contribution in [0.1, 0.15) is 297 Å². The molecule has 6 heteroatoms. The zero-order valence-electron chi connectivity index (χ0n) is 46.3. The molecule has 1 unspecified atom stereocenters. The van der Waals surface area contributed by atoms with E-state index >= 15 is 0 Å². The summed E-state index contributed by atoms with van der Waals surface area (Å²) in [5.74, 6) is -0.914. The van der Waals surface area contributed by atoms with Gasteiger partial charge in [-0.2, -0.15) is 0 Å². The summed E-state index contributed by atoms with van der Waals surface area (Å²) in [6, 6.07) is 0. The predicted octanol–water partition coefficient (Wildman–Crippen LogP) is 20.2. The fourth-order valence-corrected chi connectivity index (χ4v) is 8.36. The number of esters is 3. The van der Waals surface area contributed by atoms with Crippen LogP contribution in [-0.4, -0.2) is 37.2 Å². The summed E-state index contributed by atoms with van der Waals surface area (Å²) in [5, 5.41) is 0. The lowest BCUT2D eigenvalue weighted by Crippen LogP contribution is -2.30. The Labute approximate surface area is 433 Å². The van der Waals surface area contributed by atoms with Crippen molar-refractivity contribution < 1.29 is 28.6 Å². The first-order chi connectivity index (χ1) is 34.5. The smallest absolute Gasteiger partial charge is 0.306 e. The molecule has 0 N–H and O–H groups in total.